The Hall–Kier alpha value is 0.460. The molecule has 0 aliphatic carbocycles. The lowest BCUT2D eigenvalue weighted by atomic mass is 10.2. The van der Waals surface area contributed by atoms with Crippen molar-refractivity contribution in [2.24, 2.45) is 5.73 Å². The summed E-state index contributed by atoms with van der Waals surface area (Å²) in [5.41, 5.74) is 5.60. The van der Waals surface area contributed by atoms with Crippen LogP contribution in [0.25, 0.3) is 0 Å². The monoisotopic (exact) mass is 188 g/mol. The quantitative estimate of drug-likeness (QED) is 0.599. The highest BCUT2D eigenvalue weighted by Gasteiger charge is 2.22. The Bertz CT molecular complexity index is 84.0. The third-order valence-corrected chi connectivity index (χ3v) is 1.51. The summed E-state index contributed by atoms with van der Waals surface area (Å²) in [5, 5.41) is 3.12. The van der Waals surface area contributed by atoms with Crippen molar-refractivity contribution in [1.82, 2.24) is 5.32 Å². The van der Waals surface area contributed by atoms with E-state index in [-0.39, 0.29) is 37.0 Å². The van der Waals surface area contributed by atoms with Crippen molar-refractivity contribution in [2.75, 3.05) is 20.2 Å². The van der Waals surface area contributed by atoms with Crippen LogP contribution < -0.4 is 11.1 Å². The summed E-state index contributed by atoms with van der Waals surface area (Å²) >= 11 is 0. The minimum atomic E-state index is 0. The molecule has 0 amide bonds. The van der Waals surface area contributed by atoms with Crippen LogP contribution in [0.4, 0.5) is 0 Å². The third kappa shape index (κ3) is 3.03. The Morgan fingerprint density at radius 1 is 1.40 bits per heavy atom. The fourth-order valence-electron chi connectivity index (χ4n) is 0.933. The number of nitrogens with two attached hydrogens (primary N) is 1. The highest BCUT2D eigenvalue weighted by molar-refractivity contribution is 5.85. The Morgan fingerprint density at radius 3 is 2.20 bits per heavy atom. The number of hydrogen-bond donors (Lipinski definition) is 2. The molecule has 5 heteroatoms. The molecule has 0 bridgehead atoms. The molecule has 1 aliphatic heterocycles. The number of ether oxygens (including phenoxy) is 1. The molecule has 0 spiro atoms. The van der Waals surface area contributed by atoms with Crippen LogP contribution >= 0.6 is 24.8 Å². The smallest absolute Gasteiger partial charge is 0.0858 e. The van der Waals surface area contributed by atoms with Crippen LogP contribution in [0.3, 0.4) is 0 Å². The van der Waals surface area contributed by atoms with E-state index in [1.165, 1.54) is 0 Å². The van der Waals surface area contributed by atoms with E-state index in [2.05, 4.69) is 5.32 Å². The summed E-state index contributed by atoms with van der Waals surface area (Å²) in [6, 6.07) is 0.194. The molecule has 3 nitrogen and oxygen atoms in total. The zero-order valence-corrected chi connectivity index (χ0v) is 7.50. The van der Waals surface area contributed by atoms with Crippen LogP contribution in [0.2, 0.25) is 0 Å². The summed E-state index contributed by atoms with van der Waals surface area (Å²) in [4.78, 5) is 0. The lowest BCUT2D eigenvalue weighted by molar-refractivity contribution is 0.107. The van der Waals surface area contributed by atoms with Crippen molar-refractivity contribution in [3.05, 3.63) is 0 Å². The molecule has 0 aromatic rings. The fourth-order valence-corrected chi connectivity index (χ4v) is 0.933. The van der Waals surface area contributed by atoms with Crippen LogP contribution in [0.1, 0.15) is 0 Å². The van der Waals surface area contributed by atoms with Gasteiger partial charge in [0.25, 0.3) is 0 Å². The molecule has 10 heavy (non-hydrogen) atoms. The van der Waals surface area contributed by atoms with E-state index < -0.39 is 0 Å². The van der Waals surface area contributed by atoms with E-state index in [4.69, 9.17) is 10.5 Å². The Morgan fingerprint density at radius 2 is 2.00 bits per heavy atom. The zero-order valence-electron chi connectivity index (χ0n) is 5.87. The second-order valence-corrected chi connectivity index (χ2v) is 2.10. The summed E-state index contributed by atoms with van der Waals surface area (Å²) in [6.45, 7) is 1.79. The number of hydrogen-bond acceptors (Lipinski definition) is 3. The average molecular weight is 189 g/mol. The van der Waals surface area contributed by atoms with Gasteiger partial charge in [-0.3, -0.25) is 0 Å². The van der Waals surface area contributed by atoms with Crippen molar-refractivity contribution in [2.45, 2.75) is 12.1 Å². The molecular weight excluding hydrogens is 175 g/mol. The van der Waals surface area contributed by atoms with Crippen LogP contribution in [0.15, 0.2) is 0 Å². The lowest BCUT2D eigenvalue weighted by Gasteiger charge is -2.10. The Kier molecular flexibility index (Phi) is 8.09. The van der Waals surface area contributed by atoms with Gasteiger partial charge < -0.3 is 15.8 Å². The maximum atomic E-state index is 5.60. The molecule has 64 valence electrons. The highest BCUT2D eigenvalue weighted by atomic mass is 35.5. The molecule has 1 fully saturated rings. The van der Waals surface area contributed by atoms with Crippen molar-refractivity contribution in [3.63, 3.8) is 0 Å². The number of nitrogens with one attached hydrogen (secondary N) is 1. The molecule has 2 unspecified atom stereocenters. The first-order valence-corrected chi connectivity index (χ1v) is 2.83. The van der Waals surface area contributed by atoms with Crippen molar-refractivity contribution >= 4 is 24.8 Å². The normalized spacial score (nSPS) is 30.6. The first kappa shape index (κ1) is 13.1. The van der Waals surface area contributed by atoms with Gasteiger partial charge in [0, 0.05) is 26.2 Å². The molecule has 2 atom stereocenters. The van der Waals surface area contributed by atoms with Gasteiger partial charge in [0.2, 0.25) is 0 Å². The molecule has 0 saturated carbocycles. The first-order chi connectivity index (χ1) is 3.84. The molecular formula is C5H14Cl2N2O. The van der Waals surface area contributed by atoms with E-state index in [9.17, 15) is 0 Å². The second kappa shape index (κ2) is 6.19. The van der Waals surface area contributed by atoms with Crippen molar-refractivity contribution < 1.29 is 4.74 Å². The summed E-state index contributed by atoms with van der Waals surface area (Å²) in [7, 11) is 1.69. The Labute approximate surface area is 73.5 Å². The van der Waals surface area contributed by atoms with Crippen LogP contribution in [-0.4, -0.2) is 32.3 Å². The van der Waals surface area contributed by atoms with E-state index in [0.29, 0.717) is 0 Å². The molecule has 1 rings (SSSR count). The van der Waals surface area contributed by atoms with E-state index in [1.807, 2.05) is 0 Å². The van der Waals surface area contributed by atoms with Gasteiger partial charge in [0.15, 0.2) is 0 Å². The minimum Gasteiger partial charge on any atom is -0.378 e. The number of rotatable bonds is 1. The zero-order chi connectivity index (χ0) is 5.98. The first-order valence-electron chi connectivity index (χ1n) is 2.83. The van der Waals surface area contributed by atoms with Gasteiger partial charge in [-0.2, -0.15) is 0 Å². The number of methoxy groups -OCH3 is 1. The van der Waals surface area contributed by atoms with Gasteiger partial charge in [-0.15, -0.1) is 24.8 Å². The van der Waals surface area contributed by atoms with Gasteiger partial charge in [0.05, 0.1) is 6.10 Å². The largest absolute Gasteiger partial charge is 0.378 e. The van der Waals surface area contributed by atoms with Crippen molar-refractivity contribution in [1.29, 1.82) is 0 Å². The van der Waals surface area contributed by atoms with Gasteiger partial charge in [-0.25, -0.2) is 0 Å². The van der Waals surface area contributed by atoms with Gasteiger partial charge >= 0.3 is 0 Å². The van der Waals surface area contributed by atoms with Crippen molar-refractivity contribution in [3.8, 4) is 0 Å². The third-order valence-electron chi connectivity index (χ3n) is 1.51. The molecule has 1 aliphatic rings. The van der Waals surface area contributed by atoms with Crippen LogP contribution in [0, 0.1) is 0 Å². The van der Waals surface area contributed by atoms with Crippen LogP contribution in [0.5, 0.6) is 0 Å². The molecule has 0 aromatic carbocycles. The van der Waals surface area contributed by atoms with E-state index in [0.717, 1.165) is 13.1 Å². The Balaban J connectivity index is 0. The summed E-state index contributed by atoms with van der Waals surface area (Å²) in [5.74, 6) is 0. The SMILES string of the molecule is COC1CNCC1N.Cl.Cl. The molecule has 1 saturated heterocycles. The van der Waals surface area contributed by atoms with E-state index >= 15 is 0 Å². The minimum absolute atomic E-state index is 0. The molecule has 0 aromatic heterocycles. The summed E-state index contributed by atoms with van der Waals surface area (Å²) < 4.78 is 5.04. The van der Waals surface area contributed by atoms with Gasteiger partial charge in [-0.1, -0.05) is 0 Å². The molecule has 3 N–H and O–H groups in total. The lowest BCUT2D eigenvalue weighted by Crippen LogP contribution is -2.34. The predicted molar refractivity (Wildman–Crippen MR) is 46.1 cm³/mol. The number of halogens is 2. The van der Waals surface area contributed by atoms with E-state index in [1.54, 1.807) is 7.11 Å². The average Bonchev–Trinajstić information content (AvgIpc) is 2.14. The maximum Gasteiger partial charge on any atom is 0.0858 e. The topological polar surface area (TPSA) is 47.3 Å². The molecule has 1 heterocycles. The predicted octanol–water partition coefficient (Wildman–Crippen LogP) is -0.224. The maximum absolute atomic E-state index is 5.60. The second-order valence-electron chi connectivity index (χ2n) is 2.10. The standard InChI is InChI=1S/C5H12N2O.2ClH/c1-8-5-3-7-2-4(5)6;;/h4-5,7H,2-3,6H2,1H3;2*1H. The fraction of sp³-hybridized carbons (Fsp3) is 1.00. The van der Waals surface area contributed by atoms with Crippen LogP contribution in [-0.2, 0) is 4.74 Å². The highest BCUT2D eigenvalue weighted by Crippen LogP contribution is 1.98. The summed E-state index contributed by atoms with van der Waals surface area (Å²) in [6.07, 6.45) is 0.231. The molecule has 0 radical (unpaired) electrons. The van der Waals surface area contributed by atoms with Gasteiger partial charge in [-0.05, 0) is 0 Å². The van der Waals surface area contributed by atoms with Gasteiger partial charge in [0.1, 0.15) is 0 Å².